The second kappa shape index (κ2) is 7.44. The van der Waals surface area contributed by atoms with Crippen molar-refractivity contribution >= 4 is 5.91 Å². The van der Waals surface area contributed by atoms with Crippen molar-refractivity contribution in [3.05, 3.63) is 71.8 Å². The average molecular weight is 380 g/mol. The zero-order chi connectivity index (χ0) is 19.7. The summed E-state index contributed by atoms with van der Waals surface area (Å²) in [5.41, 5.74) is 8.77. The van der Waals surface area contributed by atoms with E-state index in [1.54, 1.807) is 54.7 Å². The van der Waals surface area contributed by atoms with Crippen molar-refractivity contribution in [2.45, 2.75) is 18.5 Å². The van der Waals surface area contributed by atoms with E-state index in [-0.39, 0.29) is 23.8 Å². The fraction of sp³-hybridized carbons (Fsp3) is 0.238. The highest BCUT2D eigenvalue weighted by molar-refractivity contribution is 5.96. The molecule has 0 radical (unpaired) electrons. The number of amides is 1. The summed E-state index contributed by atoms with van der Waals surface area (Å²) in [6.45, 7) is 0.379. The zero-order valence-electron chi connectivity index (χ0n) is 15.4. The number of benzene rings is 2. The Bertz CT molecular complexity index is 990. The number of rotatable bonds is 4. The number of halogens is 1. The molecule has 2 unspecified atom stereocenters. The molecule has 1 fully saturated rings. The fourth-order valence-electron chi connectivity index (χ4n) is 3.76. The molecule has 0 bridgehead atoms. The molecule has 3 aromatic rings. The van der Waals surface area contributed by atoms with E-state index in [2.05, 4.69) is 10.2 Å². The third kappa shape index (κ3) is 3.25. The highest BCUT2D eigenvalue weighted by Crippen LogP contribution is 2.36. The molecule has 1 saturated heterocycles. The van der Waals surface area contributed by atoms with Crippen molar-refractivity contribution in [3.8, 4) is 16.9 Å². The first kappa shape index (κ1) is 18.2. The van der Waals surface area contributed by atoms with Crippen LogP contribution in [0.4, 0.5) is 4.39 Å². The molecule has 1 aliphatic rings. The normalized spacial score (nSPS) is 19.0. The van der Waals surface area contributed by atoms with Gasteiger partial charge in [-0.3, -0.25) is 9.89 Å². The second-order valence-electron chi connectivity index (χ2n) is 6.89. The molecular formula is C21H21FN4O2. The Morgan fingerprint density at radius 1 is 1.32 bits per heavy atom. The first-order valence-corrected chi connectivity index (χ1v) is 9.06. The van der Waals surface area contributed by atoms with Crippen LogP contribution in [0.25, 0.3) is 11.1 Å². The lowest BCUT2D eigenvalue weighted by molar-refractivity contribution is 0.0732. The van der Waals surface area contributed by atoms with E-state index in [4.69, 9.17) is 10.5 Å². The minimum Gasteiger partial charge on any atom is -0.496 e. The van der Waals surface area contributed by atoms with E-state index in [0.717, 1.165) is 11.1 Å². The number of nitrogens with one attached hydrogen (secondary N) is 1. The molecule has 0 saturated carbocycles. The molecule has 6 nitrogen and oxygen atoms in total. The monoisotopic (exact) mass is 380 g/mol. The summed E-state index contributed by atoms with van der Waals surface area (Å²) in [4.78, 5) is 14.9. The molecule has 2 aromatic carbocycles. The van der Waals surface area contributed by atoms with Crippen LogP contribution in [-0.2, 0) is 0 Å². The highest BCUT2D eigenvalue weighted by Gasteiger charge is 2.36. The van der Waals surface area contributed by atoms with Gasteiger partial charge in [-0.15, -0.1) is 0 Å². The van der Waals surface area contributed by atoms with E-state index in [1.165, 1.54) is 6.07 Å². The summed E-state index contributed by atoms with van der Waals surface area (Å²) in [5.74, 6) is 0.0451. The molecule has 1 aliphatic heterocycles. The molecule has 7 heteroatoms. The molecule has 0 spiro atoms. The number of carbonyl (C=O) groups is 1. The van der Waals surface area contributed by atoms with Crippen LogP contribution in [0.15, 0.2) is 54.9 Å². The number of ether oxygens (including phenoxy) is 1. The third-order valence-corrected chi connectivity index (χ3v) is 5.12. The second-order valence-corrected chi connectivity index (χ2v) is 6.89. The van der Waals surface area contributed by atoms with Gasteiger partial charge in [0.05, 0.1) is 19.3 Å². The number of nitrogens with two attached hydrogens (primary N) is 1. The van der Waals surface area contributed by atoms with Crippen LogP contribution in [0.5, 0.6) is 5.75 Å². The van der Waals surface area contributed by atoms with Crippen molar-refractivity contribution in [2.24, 2.45) is 5.73 Å². The lowest BCUT2D eigenvalue weighted by atomic mass is 10.0. The summed E-state index contributed by atoms with van der Waals surface area (Å²) in [6, 6.07) is 11.2. The van der Waals surface area contributed by atoms with Crippen LogP contribution in [0.3, 0.4) is 0 Å². The van der Waals surface area contributed by atoms with Crippen LogP contribution in [0, 0.1) is 5.82 Å². The Morgan fingerprint density at radius 3 is 2.86 bits per heavy atom. The van der Waals surface area contributed by atoms with Crippen LogP contribution in [-0.4, -0.2) is 40.7 Å². The molecule has 2 heterocycles. The molecule has 1 aromatic heterocycles. The Morgan fingerprint density at radius 2 is 2.14 bits per heavy atom. The molecule has 1 amide bonds. The van der Waals surface area contributed by atoms with Crippen molar-refractivity contribution in [2.75, 3.05) is 13.7 Å². The number of H-pyrrole nitrogens is 1. The number of carbonyl (C=O) groups excluding carboxylic acids is 1. The SMILES string of the molecule is COc1cc(C(=O)N2CC(N)CC2c2ccccc2F)ccc1-c1cn[nH]c1. The minimum atomic E-state index is -0.386. The Kier molecular flexibility index (Phi) is 4.83. The van der Waals surface area contributed by atoms with Crippen LogP contribution >= 0.6 is 0 Å². The Labute approximate surface area is 162 Å². The molecule has 144 valence electrons. The average Bonchev–Trinajstić information content (AvgIpc) is 3.37. The lowest BCUT2D eigenvalue weighted by Gasteiger charge is -2.25. The van der Waals surface area contributed by atoms with E-state index < -0.39 is 0 Å². The fourth-order valence-corrected chi connectivity index (χ4v) is 3.76. The number of likely N-dealkylation sites (tertiary alicyclic amines) is 1. The molecule has 28 heavy (non-hydrogen) atoms. The van der Waals surface area contributed by atoms with Crippen molar-refractivity contribution < 1.29 is 13.9 Å². The van der Waals surface area contributed by atoms with Gasteiger partial charge in [-0.05, 0) is 30.7 Å². The first-order valence-electron chi connectivity index (χ1n) is 9.06. The standard InChI is InChI=1S/C21H21FN4O2/c1-28-20-8-13(6-7-16(20)14-10-24-25-11-14)21(27)26-12-15(23)9-19(26)17-4-2-3-5-18(17)22/h2-8,10-11,15,19H,9,12,23H2,1H3,(H,24,25). The van der Waals surface area contributed by atoms with Gasteiger partial charge in [0.1, 0.15) is 11.6 Å². The number of nitrogens with zero attached hydrogens (tertiary/aromatic N) is 2. The summed E-state index contributed by atoms with van der Waals surface area (Å²) < 4.78 is 19.8. The van der Waals surface area contributed by atoms with Gasteiger partial charge in [-0.25, -0.2) is 4.39 Å². The number of aromatic amines is 1. The van der Waals surface area contributed by atoms with Crippen LogP contribution in [0.2, 0.25) is 0 Å². The lowest BCUT2D eigenvalue weighted by Crippen LogP contribution is -2.33. The topological polar surface area (TPSA) is 84.2 Å². The maximum absolute atomic E-state index is 14.3. The van der Waals surface area contributed by atoms with Crippen molar-refractivity contribution in [3.63, 3.8) is 0 Å². The van der Waals surface area contributed by atoms with Gasteiger partial charge in [-0.2, -0.15) is 5.10 Å². The number of hydrogen-bond donors (Lipinski definition) is 2. The van der Waals surface area contributed by atoms with Gasteiger partial charge in [0.2, 0.25) is 0 Å². The van der Waals surface area contributed by atoms with E-state index in [0.29, 0.717) is 29.8 Å². The predicted molar refractivity (Wildman–Crippen MR) is 103 cm³/mol. The maximum Gasteiger partial charge on any atom is 0.254 e. The number of aromatic nitrogens is 2. The number of hydrogen-bond acceptors (Lipinski definition) is 4. The largest absolute Gasteiger partial charge is 0.496 e. The summed E-state index contributed by atoms with van der Waals surface area (Å²) in [7, 11) is 1.56. The Balaban J connectivity index is 1.67. The highest BCUT2D eigenvalue weighted by atomic mass is 19.1. The summed E-state index contributed by atoms with van der Waals surface area (Å²) in [5, 5.41) is 6.72. The smallest absolute Gasteiger partial charge is 0.254 e. The van der Waals surface area contributed by atoms with Gasteiger partial charge in [0, 0.05) is 41.0 Å². The molecule has 2 atom stereocenters. The predicted octanol–water partition coefficient (Wildman–Crippen LogP) is 3.14. The number of methoxy groups -OCH3 is 1. The summed E-state index contributed by atoms with van der Waals surface area (Å²) in [6.07, 6.45) is 3.97. The van der Waals surface area contributed by atoms with E-state index >= 15 is 0 Å². The molecule has 4 rings (SSSR count). The van der Waals surface area contributed by atoms with Gasteiger partial charge >= 0.3 is 0 Å². The minimum absolute atomic E-state index is 0.194. The molecule has 0 aliphatic carbocycles. The molecule has 3 N–H and O–H groups in total. The van der Waals surface area contributed by atoms with Gasteiger partial charge < -0.3 is 15.4 Å². The van der Waals surface area contributed by atoms with E-state index in [1.807, 2.05) is 6.07 Å². The maximum atomic E-state index is 14.3. The van der Waals surface area contributed by atoms with Gasteiger partial charge in [0.15, 0.2) is 0 Å². The van der Waals surface area contributed by atoms with Crippen LogP contribution < -0.4 is 10.5 Å². The van der Waals surface area contributed by atoms with Gasteiger partial charge in [0.25, 0.3) is 5.91 Å². The van der Waals surface area contributed by atoms with Crippen LogP contribution in [0.1, 0.15) is 28.4 Å². The third-order valence-electron chi connectivity index (χ3n) is 5.12. The van der Waals surface area contributed by atoms with E-state index in [9.17, 15) is 9.18 Å². The molecular weight excluding hydrogens is 359 g/mol. The van der Waals surface area contributed by atoms with Crippen molar-refractivity contribution in [1.82, 2.24) is 15.1 Å². The first-order chi connectivity index (χ1) is 13.6. The Hall–Kier alpha value is -3.19. The summed E-state index contributed by atoms with van der Waals surface area (Å²) >= 11 is 0. The van der Waals surface area contributed by atoms with Crippen molar-refractivity contribution in [1.29, 1.82) is 0 Å². The van der Waals surface area contributed by atoms with Gasteiger partial charge in [-0.1, -0.05) is 18.2 Å². The zero-order valence-corrected chi connectivity index (χ0v) is 15.4. The quantitative estimate of drug-likeness (QED) is 0.728.